The molecule has 0 bridgehead atoms. The lowest BCUT2D eigenvalue weighted by molar-refractivity contribution is -0.138. The van der Waals surface area contributed by atoms with Crippen molar-refractivity contribution in [2.45, 2.75) is 12.7 Å². The normalized spacial score (nSPS) is 11.6. The molecule has 6 nitrogen and oxygen atoms in total. The number of rotatable bonds is 3. The molecule has 0 aliphatic rings. The molecule has 2 N–H and O–H groups in total. The van der Waals surface area contributed by atoms with Crippen molar-refractivity contribution >= 4 is 22.5 Å². The fourth-order valence-corrected chi connectivity index (χ4v) is 2.20. The summed E-state index contributed by atoms with van der Waals surface area (Å²) >= 11 is 0. The lowest BCUT2D eigenvalue weighted by atomic mass is 10.2. The van der Waals surface area contributed by atoms with Crippen LogP contribution in [0.2, 0.25) is 0 Å². The van der Waals surface area contributed by atoms with Crippen molar-refractivity contribution in [3.05, 3.63) is 58.6 Å². The number of carbonyl (C=O) groups is 1. The van der Waals surface area contributed by atoms with Gasteiger partial charge in [0, 0.05) is 23.3 Å². The standard InChI is InChI=1S/C15H11F3N4O2/c16-15(17,18)10-1-4-14(24)22(7-10)8-13(23)20-11-2-3-12-9(5-11)6-19-21-12/h1-7H,8H2,(H,19,21)(H,20,23). The highest BCUT2D eigenvalue weighted by Gasteiger charge is 2.31. The molecule has 0 spiro atoms. The first-order valence-electron chi connectivity index (χ1n) is 6.83. The molecule has 0 atom stereocenters. The van der Waals surface area contributed by atoms with E-state index >= 15 is 0 Å². The number of aromatic nitrogens is 3. The molecular weight excluding hydrogens is 325 g/mol. The number of halogens is 3. The Bertz CT molecular complexity index is 959. The van der Waals surface area contributed by atoms with Crippen molar-refractivity contribution < 1.29 is 18.0 Å². The summed E-state index contributed by atoms with van der Waals surface area (Å²) in [5.74, 6) is -0.612. The number of H-pyrrole nitrogens is 1. The topological polar surface area (TPSA) is 79.8 Å². The summed E-state index contributed by atoms with van der Waals surface area (Å²) in [4.78, 5) is 23.6. The van der Waals surface area contributed by atoms with Gasteiger partial charge in [-0.3, -0.25) is 14.7 Å². The Morgan fingerprint density at radius 2 is 2.04 bits per heavy atom. The summed E-state index contributed by atoms with van der Waals surface area (Å²) in [6, 6.07) is 6.45. The van der Waals surface area contributed by atoms with Crippen molar-refractivity contribution in [1.82, 2.24) is 14.8 Å². The van der Waals surface area contributed by atoms with E-state index in [0.717, 1.165) is 17.0 Å². The van der Waals surface area contributed by atoms with Crippen LogP contribution >= 0.6 is 0 Å². The number of amides is 1. The number of pyridine rings is 1. The third-order valence-corrected chi connectivity index (χ3v) is 3.35. The Balaban J connectivity index is 1.78. The van der Waals surface area contributed by atoms with E-state index in [9.17, 15) is 22.8 Å². The van der Waals surface area contributed by atoms with Gasteiger partial charge in [-0.2, -0.15) is 18.3 Å². The monoisotopic (exact) mass is 336 g/mol. The predicted molar refractivity (Wildman–Crippen MR) is 80.4 cm³/mol. The maximum Gasteiger partial charge on any atom is 0.417 e. The van der Waals surface area contributed by atoms with Crippen LogP contribution in [-0.4, -0.2) is 20.7 Å². The first kappa shape index (κ1) is 15.8. The fourth-order valence-electron chi connectivity index (χ4n) is 2.20. The highest BCUT2D eigenvalue weighted by molar-refractivity contribution is 5.93. The molecule has 124 valence electrons. The largest absolute Gasteiger partial charge is 0.417 e. The molecule has 2 aromatic heterocycles. The lowest BCUT2D eigenvalue weighted by Gasteiger charge is -2.11. The van der Waals surface area contributed by atoms with E-state index in [1.165, 1.54) is 0 Å². The first-order chi connectivity index (χ1) is 11.3. The van der Waals surface area contributed by atoms with Crippen LogP contribution < -0.4 is 10.9 Å². The lowest BCUT2D eigenvalue weighted by Crippen LogP contribution is -2.28. The Kier molecular flexibility index (Phi) is 3.84. The quantitative estimate of drug-likeness (QED) is 0.771. The zero-order valence-electron chi connectivity index (χ0n) is 12.1. The van der Waals surface area contributed by atoms with Crippen LogP contribution in [0, 0.1) is 0 Å². The number of benzene rings is 1. The molecular formula is C15H11F3N4O2. The second-order valence-electron chi connectivity index (χ2n) is 5.10. The molecule has 9 heteroatoms. The Morgan fingerprint density at radius 3 is 2.79 bits per heavy atom. The second kappa shape index (κ2) is 5.84. The summed E-state index contributed by atoms with van der Waals surface area (Å²) < 4.78 is 38.7. The maximum atomic E-state index is 12.7. The number of hydrogen-bond acceptors (Lipinski definition) is 3. The average molecular weight is 336 g/mol. The van der Waals surface area contributed by atoms with E-state index < -0.39 is 29.8 Å². The van der Waals surface area contributed by atoms with Gasteiger partial charge >= 0.3 is 6.18 Å². The smallest absolute Gasteiger partial charge is 0.325 e. The number of nitrogens with zero attached hydrogens (tertiary/aromatic N) is 2. The molecule has 0 saturated heterocycles. The molecule has 2 heterocycles. The van der Waals surface area contributed by atoms with Gasteiger partial charge in [-0.05, 0) is 24.3 Å². The summed E-state index contributed by atoms with van der Waals surface area (Å²) in [5.41, 5.74) is -0.450. The minimum atomic E-state index is -4.59. The number of hydrogen-bond donors (Lipinski definition) is 2. The van der Waals surface area contributed by atoms with Gasteiger partial charge in [-0.25, -0.2) is 0 Å². The van der Waals surface area contributed by atoms with E-state index in [1.807, 2.05) is 0 Å². The van der Waals surface area contributed by atoms with E-state index in [2.05, 4.69) is 15.5 Å². The molecule has 3 rings (SSSR count). The summed E-state index contributed by atoms with van der Waals surface area (Å²) in [7, 11) is 0. The van der Waals surface area contributed by atoms with Crippen LogP contribution in [0.5, 0.6) is 0 Å². The third-order valence-electron chi connectivity index (χ3n) is 3.35. The zero-order chi connectivity index (χ0) is 17.3. The van der Waals surface area contributed by atoms with Crippen molar-refractivity contribution in [2.75, 3.05) is 5.32 Å². The molecule has 24 heavy (non-hydrogen) atoms. The predicted octanol–water partition coefficient (Wildman–Crippen LogP) is 2.38. The molecule has 0 aliphatic heterocycles. The molecule has 3 aromatic rings. The van der Waals surface area contributed by atoms with Crippen molar-refractivity contribution in [3.8, 4) is 0 Å². The van der Waals surface area contributed by atoms with E-state index in [0.29, 0.717) is 22.5 Å². The molecule has 0 fully saturated rings. The number of nitrogens with one attached hydrogen (secondary N) is 2. The van der Waals surface area contributed by atoms with Crippen LogP contribution in [0.3, 0.4) is 0 Å². The van der Waals surface area contributed by atoms with Crippen LogP contribution in [0.1, 0.15) is 5.56 Å². The number of fused-ring (bicyclic) bond motifs is 1. The minimum absolute atomic E-state index is 0.453. The Morgan fingerprint density at radius 1 is 1.25 bits per heavy atom. The van der Waals surface area contributed by atoms with Gasteiger partial charge < -0.3 is 9.88 Å². The van der Waals surface area contributed by atoms with Gasteiger partial charge in [0.1, 0.15) is 6.54 Å². The minimum Gasteiger partial charge on any atom is -0.325 e. The zero-order valence-corrected chi connectivity index (χ0v) is 12.1. The molecule has 0 saturated carbocycles. The second-order valence-corrected chi connectivity index (χ2v) is 5.10. The van der Waals surface area contributed by atoms with Gasteiger partial charge in [0.15, 0.2) is 0 Å². The van der Waals surface area contributed by atoms with Crippen LogP contribution in [0.25, 0.3) is 10.9 Å². The number of aromatic amines is 1. The summed E-state index contributed by atoms with van der Waals surface area (Å²) in [6.45, 7) is -0.522. The highest BCUT2D eigenvalue weighted by atomic mass is 19.4. The molecule has 1 aromatic carbocycles. The van der Waals surface area contributed by atoms with Gasteiger partial charge in [0.2, 0.25) is 5.91 Å². The van der Waals surface area contributed by atoms with Crippen molar-refractivity contribution in [1.29, 1.82) is 0 Å². The Hall–Kier alpha value is -3.10. The van der Waals surface area contributed by atoms with Gasteiger partial charge in [0.05, 0.1) is 17.3 Å². The molecule has 0 aliphatic carbocycles. The van der Waals surface area contributed by atoms with E-state index in [1.54, 1.807) is 24.4 Å². The van der Waals surface area contributed by atoms with E-state index in [4.69, 9.17) is 0 Å². The SMILES string of the molecule is O=C(Cn1cc(C(F)(F)F)ccc1=O)Nc1ccc2[nH]ncc2c1. The van der Waals surface area contributed by atoms with Crippen LogP contribution in [-0.2, 0) is 17.5 Å². The Labute approximate surface area is 132 Å². The van der Waals surface area contributed by atoms with Crippen LogP contribution in [0.4, 0.5) is 18.9 Å². The van der Waals surface area contributed by atoms with E-state index in [-0.39, 0.29) is 0 Å². The average Bonchev–Trinajstić information content (AvgIpc) is 2.96. The number of carbonyl (C=O) groups excluding carboxylic acids is 1. The molecule has 0 radical (unpaired) electrons. The summed E-state index contributed by atoms with van der Waals surface area (Å²) in [6.07, 6.45) is -2.39. The highest BCUT2D eigenvalue weighted by Crippen LogP contribution is 2.28. The maximum absolute atomic E-state index is 12.7. The van der Waals surface area contributed by atoms with Crippen molar-refractivity contribution in [2.24, 2.45) is 0 Å². The first-order valence-corrected chi connectivity index (χ1v) is 6.83. The van der Waals surface area contributed by atoms with Gasteiger partial charge in [-0.15, -0.1) is 0 Å². The van der Waals surface area contributed by atoms with Gasteiger partial charge in [-0.1, -0.05) is 0 Å². The third kappa shape index (κ3) is 3.29. The molecule has 0 unspecified atom stereocenters. The van der Waals surface area contributed by atoms with Crippen molar-refractivity contribution in [3.63, 3.8) is 0 Å². The fraction of sp³-hybridized carbons (Fsp3) is 0.133. The summed E-state index contributed by atoms with van der Waals surface area (Å²) in [5, 5.41) is 9.90. The molecule has 1 amide bonds. The number of alkyl halides is 3. The van der Waals surface area contributed by atoms with Gasteiger partial charge in [0.25, 0.3) is 5.56 Å². The van der Waals surface area contributed by atoms with Crippen LogP contribution in [0.15, 0.2) is 47.5 Å². The number of anilines is 1.